The van der Waals surface area contributed by atoms with E-state index in [1.165, 1.54) is 17.0 Å². The van der Waals surface area contributed by atoms with E-state index in [0.29, 0.717) is 0 Å². The van der Waals surface area contributed by atoms with Crippen molar-refractivity contribution in [3.8, 4) is 0 Å². The molecule has 0 saturated carbocycles. The number of piperazine rings is 1. The van der Waals surface area contributed by atoms with E-state index in [1.54, 1.807) is 0 Å². The van der Waals surface area contributed by atoms with E-state index in [4.69, 9.17) is 5.11 Å². The highest BCUT2D eigenvalue weighted by atomic mass is 19.4. The van der Waals surface area contributed by atoms with E-state index in [9.17, 15) is 22.4 Å². The predicted molar refractivity (Wildman–Crippen MR) is 63.2 cm³/mol. The molecule has 1 fully saturated rings. The van der Waals surface area contributed by atoms with Gasteiger partial charge in [-0.3, -0.25) is 0 Å². The molecule has 1 aromatic rings. The number of anilines is 1. The summed E-state index contributed by atoms with van der Waals surface area (Å²) in [5.74, 6) is -1.32. The van der Waals surface area contributed by atoms with Crippen molar-refractivity contribution in [3.05, 3.63) is 29.6 Å². The van der Waals surface area contributed by atoms with Crippen LogP contribution in [0.1, 0.15) is 5.56 Å². The summed E-state index contributed by atoms with van der Waals surface area (Å²) >= 11 is 0. The molecule has 1 aliphatic rings. The van der Waals surface area contributed by atoms with Crippen LogP contribution in [0.25, 0.3) is 0 Å². The molecule has 0 spiro atoms. The molecule has 20 heavy (non-hydrogen) atoms. The lowest BCUT2D eigenvalue weighted by Gasteiger charge is -2.35. The first-order valence-corrected chi connectivity index (χ1v) is 5.89. The van der Waals surface area contributed by atoms with Crippen LogP contribution in [-0.4, -0.2) is 42.3 Å². The van der Waals surface area contributed by atoms with Crippen molar-refractivity contribution in [2.75, 3.05) is 31.1 Å². The second-order valence-corrected chi connectivity index (χ2v) is 4.39. The molecular weight excluding hydrogens is 280 g/mol. The summed E-state index contributed by atoms with van der Waals surface area (Å²) in [5, 5.41) is 8.79. The zero-order valence-corrected chi connectivity index (χ0v) is 10.3. The molecule has 4 nitrogen and oxygen atoms in total. The fraction of sp³-hybridized carbons (Fsp3) is 0.417. The number of hydrogen-bond acceptors (Lipinski definition) is 2. The lowest BCUT2D eigenvalue weighted by molar-refractivity contribution is -0.139. The number of halogens is 4. The minimum absolute atomic E-state index is 0.0865. The smallest absolute Gasteiger partial charge is 0.421 e. The summed E-state index contributed by atoms with van der Waals surface area (Å²) in [5.41, 5.74) is -1.55. The summed E-state index contributed by atoms with van der Waals surface area (Å²) in [6.07, 6.45) is -5.90. The number of nitrogens with zero attached hydrogens (tertiary/aromatic N) is 2. The van der Waals surface area contributed by atoms with Gasteiger partial charge in [-0.25, -0.2) is 9.18 Å². The normalized spacial score (nSPS) is 16.4. The second-order valence-electron chi connectivity index (χ2n) is 4.39. The monoisotopic (exact) mass is 292 g/mol. The number of carboxylic acid groups (broad SMARTS) is 1. The Labute approximate surface area is 112 Å². The minimum Gasteiger partial charge on any atom is -0.465 e. The molecule has 1 amide bonds. The van der Waals surface area contributed by atoms with Crippen LogP contribution in [0.2, 0.25) is 0 Å². The molecule has 1 aromatic carbocycles. The van der Waals surface area contributed by atoms with Gasteiger partial charge in [-0.2, -0.15) is 13.2 Å². The molecule has 1 aliphatic heterocycles. The highest BCUT2D eigenvalue weighted by Gasteiger charge is 2.38. The number of amides is 1. The zero-order chi connectivity index (χ0) is 14.9. The maximum Gasteiger partial charge on any atom is 0.421 e. The minimum atomic E-state index is -4.79. The van der Waals surface area contributed by atoms with E-state index in [2.05, 4.69) is 0 Å². The molecule has 2 rings (SSSR count). The summed E-state index contributed by atoms with van der Waals surface area (Å²) in [6.45, 7) is 0.365. The summed E-state index contributed by atoms with van der Waals surface area (Å²) < 4.78 is 52.1. The predicted octanol–water partition coefficient (Wildman–Crippen LogP) is 2.64. The average molecular weight is 292 g/mol. The fourth-order valence-corrected chi connectivity index (χ4v) is 2.20. The standard InChI is InChI=1S/C12H12F4N2O2/c13-8-2-1-3-9(10(8)12(14,15)16)17-4-6-18(7-5-17)11(19)20/h1-3H,4-7H2,(H,19,20). The molecule has 0 radical (unpaired) electrons. The Morgan fingerprint density at radius 3 is 2.25 bits per heavy atom. The Hall–Kier alpha value is -1.99. The van der Waals surface area contributed by atoms with E-state index in [0.717, 1.165) is 11.0 Å². The first kappa shape index (κ1) is 14.4. The topological polar surface area (TPSA) is 43.8 Å². The van der Waals surface area contributed by atoms with Crippen molar-refractivity contribution in [1.82, 2.24) is 4.90 Å². The van der Waals surface area contributed by atoms with Crippen LogP contribution in [0.3, 0.4) is 0 Å². The molecule has 110 valence electrons. The number of carbonyl (C=O) groups is 1. The van der Waals surface area contributed by atoms with Crippen molar-refractivity contribution in [3.63, 3.8) is 0 Å². The van der Waals surface area contributed by atoms with Gasteiger partial charge in [-0.1, -0.05) is 6.07 Å². The molecule has 0 unspecified atom stereocenters. The summed E-state index contributed by atoms with van der Waals surface area (Å²) in [7, 11) is 0. The third-order valence-corrected chi connectivity index (χ3v) is 3.17. The number of rotatable bonds is 1. The van der Waals surface area contributed by atoms with Crippen molar-refractivity contribution >= 4 is 11.8 Å². The van der Waals surface area contributed by atoms with Crippen molar-refractivity contribution < 1.29 is 27.5 Å². The Balaban J connectivity index is 2.27. The Bertz CT molecular complexity index is 511. The Morgan fingerprint density at radius 2 is 1.75 bits per heavy atom. The molecular formula is C12H12F4N2O2. The first-order chi connectivity index (χ1) is 9.30. The van der Waals surface area contributed by atoms with Crippen LogP contribution in [0, 0.1) is 5.82 Å². The van der Waals surface area contributed by atoms with Crippen molar-refractivity contribution in [1.29, 1.82) is 0 Å². The molecule has 0 bridgehead atoms. The van der Waals surface area contributed by atoms with Gasteiger partial charge in [0.1, 0.15) is 11.4 Å². The van der Waals surface area contributed by atoms with E-state index in [1.807, 2.05) is 0 Å². The number of benzene rings is 1. The van der Waals surface area contributed by atoms with Crippen LogP contribution in [-0.2, 0) is 6.18 Å². The molecule has 1 N–H and O–H groups in total. The third-order valence-electron chi connectivity index (χ3n) is 3.17. The van der Waals surface area contributed by atoms with Gasteiger partial charge in [0.2, 0.25) is 0 Å². The van der Waals surface area contributed by atoms with Gasteiger partial charge >= 0.3 is 12.3 Å². The maximum atomic E-state index is 13.5. The second kappa shape index (κ2) is 5.18. The van der Waals surface area contributed by atoms with Gasteiger partial charge in [0.25, 0.3) is 0 Å². The van der Waals surface area contributed by atoms with Gasteiger partial charge in [-0.05, 0) is 12.1 Å². The highest BCUT2D eigenvalue weighted by molar-refractivity contribution is 5.66. The Kier molecular flexibility index (Phi) is 3.74. The van der Waals surface area contributed by atoms with E-state index >= 15 is 0 Å². The third kappa shape index (κ3) is 2.78. The summed E-state index contributed by atoms with van der Waals surface area (Å²) in [6, 6.07) is 3.17. The van der Waals surface area contributed by atoms with Crippen LogP contribution in [0.5, 0.6) is 0 Å². The Morgan fingerprint density at radius 1 is 1.15 bits per heavy atom. The largest absolute Gasteiger partial charge is 0.465 e. The van der Waals surface area contributed by atoms with Gasteiger partial charge in [0, 0.05) is 26.2 Å². The lowest BCUT2D eigenvalue weighted by Crippen LogP contribution is -2.48. The van der Waals surface area contributed by atoms with Crippen LogP contribution in [0.4, 0.5) is 28.0 Å². The first-order valence-electron chi connectivity index (χ1n) is 5.89. The fourth-order valence-electron chi connectivity index (χ4n) is 2.20. The average Bonchev–Trinajstić information content (AvgIpc) is 2.37. The SMILES string of the molecule is O=C(O)N1CCN(c2cccc(F)c2C(F)(F)F)CC1. The van der Waals surface area contributed by atoms with E-state index in [-0.39, 0.29) is 31.9 Å². The molecule has 8 heteroatoms. The highest BCUT2D eigenvalue weighted by Crippen LogP contribution is 2.38. The van der Waals surface area contributed by atoms with Crippen molar-refractivity contribution in [2.24, 2.45) is 0 Å². The molecule has 1 saturated heterocycles. The molecule has 0 atom stereocenters. The lowest BCUT2D eigenvalue weighted by atomic mass is 10.1. The quantitative estimate of drug-likeness (QED) is 0.809. The van der Waals surface area contributed by atoms with Crippen LogP contribution in [0.15, 0.2) is 18.2 Å². The van der Waals surface area contributed by atoms with Gasteiger partial charge < -0.3 is 14.9 Å². The van der Waals surface area contributed by atoms with Gasteiger partial charge in [0.05, 0.1) is 5.69 Å². The zero-order valence-electron chi connectivity index (χ0n) is 10.3. The number of hydrogen-bond donors (Lipinski definition) is 1. The molecule has 0 aromatic heterocycles. The molecule has 1 heterocycles. The van der Waals surface area contributed by atoms with Crippen molar-refractivity contribution in [2.45, 2.75) is 6.18 Å². The number of alkyl halides is 3. The van der Waals surface area contributed by atoms with E-state index < -0.39 is 23.7 Å². The van der Waals surface area contributed by atoms with Crippen LogP contribution < -0.4 is 4.90 Å². The summed E-state index contributed by atoms with van der Waals surface area (Å²) in [4.78, 5) is 13.2. The van der Waals surface area contributed by atoms with Crippen LogP contribution >= 0.6 is 0 Å². The molecule has 0 aliphatic carbocycles. The maximum absolute atomic E-state index is 13.5. The van der Waals surface area contributed by atoms with Gasteiger partial charge in [0.15, 0.2) is 0 Å². The van der Waals surface area contributed by atoms with Gasteiger partial charge in [-0.15, -0.1) is 0 Å².